The molecular weight excluding hydrogens is 454 g/mol. The topological polar surface area (TPSA) is 75.9 Å². The van der Waals surface area contributed by atoms with Crippen molar-refractivity contribution >= 4 is 17.2 Å². The van der Waals surface area contributed by atoms with E-state index in [0.29, 0.717) is 16.9 Å². The number of carbonyl (C=O) groups excluding carboxylic acids is 1. The van der Waals surface area contributed by atoms with Gasteiger partial charge >= 0.3 is 0 Å². The fourth-order valence-electron chi connectivity index (χ4n) is 5.40. The SMILES string of the molecule is CN1C2(c3ccc([N+](=O)[O-])cc3)C(C(=O)c3ccccc3)=C(c3ccccc3)ON2C(C)(C)C1(C)C. The van der Waals surface area contributed by atoms with Crippen LogP contribution in [0.2, 0.25) is 0 Å². The lowest BCUT2D eigenvalue weighted by Crippen LogP contribution is -2.53. The molecule has 1 unspecified atom stereocenters. The molecule has 0 amide bonds. The number of rotatable bonds is 5. The molecule has 3 aromatic rings. The Morgan fingerprint density at radius 3 is 1.94 bits per heavy atom. The van der Waals surface area contributed by atoms with E-state index in [9.17, 15) is 14.9 Å². The van der Waals surface area contributed by atoms with Gasteiger partial charge in [0.1, 0.15) is 0 Å². The Labute approximate surface area is 210 Å². The third-order valence-corrected chi connectivity index (χ3v) is 8.16. The summed E-state index contributed by atoms with van der Waals surface area (Å²) in [5.41, 5.74) is 0.400. The monoisotopic (exact) mass is 483 g/mol. The zero-order chi connectivity index (χ0) is 25.9. The minimum atomic E-state index is -1.12. The van der Waals surface area contributed by atoms with E-state index in [0.717, 1.165) is 11.1 Å². The number of carbonyl (C=O) groups is 1. The number of hydrogen-bond donors (Lipinski definition) is 0. The molecule has 3 aromatic carbocycles. The second-order valence-electron chi connectivity index (χ2n) is 10.3. The van der Waals surface area contributed by atoms with E-state index in [2.05, 4.69) is 32.6 Å². The molecular formula is C29H29N3O4. The average molecular weight is 484 g/mol. The Kier molecular flexibility index (Phi) is 5.39. The summed E-state index contributed by atoms with van der Waals surface area (Å²) >= 11 is 0. The molecule has 184 valence electrons. The van der Waals surface area contributed by atoms with E-state index in [1.165, 1.54) is 12.1 Å². The van der Waals surface area contributed by atoms with Gasteiger partial charge in [-0.25, -0.2) is 0 Å². The van der Waals surface area contributed by atoms with Crippen molar-refractivity contribution in [3.05, 3.63) is 117 Å². The van der Waals surface area contributed by atoms with E-state index < -0.39 is 21.7 Å². The second-order valence-corrected chi connectivity index (χ2v) is 10.3. The number of ketones is 1. The molecule has 2 heterocycles. The van der Waals surface area contributed by atoms with Gasteiger partial charge < -0.3 is 4.84 Å². The van der Waals surface area contributed by atoms with Crippen LogP contribution in [0.15, 0.2) is 90.5 Å². The third kappa shape index (κ3) is 3.09. The first kappa shape index (κ1) is 23.9. The van der Waals surface area contributed by atoms with Crippen molar-refractivity contribution in [2.24, 2.45) is 0 Å². The zero-order valence-electron chi connectivity index (χ0n) is 21.1. The predicted molar refractivity (Wildman–Crippen MR) is 138 cm³/mol. The summed E-state index contributed by atoms with van der Waals surface area (Å²) in [6.07, 6.45) is 0. The van der Waals surface area contributed by atoms with Gasteiger partial charge in [0.25, 0.3) is 5.69 Å². The molecule has 1 saturated heterocycles. The van der Waals surface area contributed by atoms with Gasteiger partial charge in [-0.3, -0.25) is 19.8 Å². The van der Waals surface area contributed by atoms with Crippen LogP contribution in [0.4, 0.5) is 5.69 Å². The Hall–Kier alpha value is -3.81. The Balaban J connectivity index is 1.87. The summed E-state index contributed by atoms with van der Waals surface area (Å²) in [6, 6.07) is 25.2. The van der Waals surface area contributed by atoms with Crippen molar-refractivity contribution in [2.75, 3.05) is 7.05 Å². The first-order chi connectivity index (χ1) is 17.0. The summed E-state index contributed by atoms with van der Waals surface area (Å²) in [4.78, 5) is 34.3. The molecule has 5 rings (SSSR count). The highest BCUT2D eigenvalue weighted by atomic mass is 16.7. The van der Waals surface area contributed by atoms with E-state index in [1.54, 1.807) is 24.3 Å². The highest BCUT2D eigenvalue weighted by Gasteiger charge is 2.72. The molecule has 0 spiro atoms. The molecule has 0 aliphatic carbocycles. The van der Waals surface area contributed by atoms with Crippen LogP contribution in [0.25, 0.3) is 5.76 Å². The Bertz CT molecular complexity index is 1360. The van der Waals surface area contributed by atoms with E-state index >= 15 is 0 Å². The van der Waals surface area contributed by atoms with Gasteiger partial charge in [0.05, 0.1) is 16.0 Å². The molecule has 7 heteroatoms. The molecule has 0 aromatic heterocycles. The van der Waals surface area contributed by atoms with Gasteiger partial charge in [0.15, 0.2) is 17.2 Å². The molecule has 2 aliphatic heterocycles. The molecule has 1 atom stereocenters. The van der Waals surface area contributed by atoms with E-state index in [-0.39, 0.29) is 11.5 Å². The third-order valence-electron chi connectivity index (χ3n) is 8.16. The number of fused-ring (bicyclic) bond motifs is 1. The number of hydroxylamine groups is 2. The highest BCUT2D eigenvalue weighted by Crippen LogP contribution is 2.61. The summed E-state index contributed by atoms with van der Waals surface area (Å²) in [5, 5.41) is 13.3. The maximum atomic E-state index is 14.4. The number of hydrogen-bond acceptors (Lipinski definition) is 6. The van der Waals surface area contributed by atoms with Crippen molar-refractivity contribution < 1.29 is 14.6 Å². The molecule has 1 fully saturated rings. The number of nitrogens with zero attached hydrogens (tertiary/aromatic N) is 3. The summed E-state index contributed by atoms with van der Waals surface area (Å²) in [5.74, 6) is 0.328. The number of likely N-dealkylation sites (N-methyl/N-ethyl adjacent to an activating group) is 1. The molecule has 7 nitrogen and oxygen atoms in total. The Morgan fingerprint density at radius 2 is 1.39 bits per heavy atom. The Morgan fingerprint density at radius 1 is 0.833 bits per heavy atom. The zero-order valence-corrected chi connectivity index (χ0v) is 21.1. The van der Waals surface area contributed by atoms with Crippen LogP contribution in [0.1, 0.15) is 49.2 Å². The van der Waals surface area contributed by atoms with Crippen LogP contribution in [0.5, 0.6) is 0 Å². The average Bonchev–Trinajstić information content (AvgIpc) is 3.30. The van der Waals surface area contributed by atoms with Crippen LogP contribution >= 0.6 is 0 Å². The number of nitro groups is 1. The smallest absolute Gasteiger partial charge is 0.269 e. The lowest BCUT2D eigenvalue weighted by Gasteiger charge is -2.41. The lowest BCUT2D eigenvalue weighted by molar-refractivity contribution is -0.384. The molecule has 2 aliphatic rings. The summed E-state index contributed by atoms with van der Waals surface area (Å²) < 4.78 is 0. The van der Waals surface area contributed by atoms with Gasteiger partial charge in [-0.2, -0.15) is 0 Å². The first-order valence-corrected chi connectivity index (χ1v) is 11.9. The van der Waals surface area contributed by atoms with Crippen molar-refractivity contribution in [1.82, 2.24) is 9.96 Å². The van der Waals surface area contributed by atoms with Gasteiger partial charge in [0.2, 0.25) is 0 Å². The van der Waals surface area contributed by atoms with Crippen LogP contribution in [-0.2, 0) is 10.5 Å². The first-order valence-electron chi connectivity index (χ1n) is 11.9. The normalized spacial score (nSPS) is 22.8. The lowest BCUT2D eigenvalue weighted by atomic mass is 9.82. The summed E-state index contributed by atoms with van der Waals surface area (Å²) in [7, 11) is 1.98. The molecule has 0 radical (unpaired) electrons. The summed E-state index contributed by atoms with van der Waals surface area (Å²) in [6.45, 7) is 8.42. The fourth-order valence-corrected chi connectivity index (χ4v) is 5.40. The van der Waals surface area contributed by atoms with Crippen LogP contribution in [-0.4, -0.2) is 38.8 Å². The standard InChI is InChI=1S/C29H29N3O4/c1-27(2)28(3,4)32-29(30(27)5,22-16-18-23(19-17-22)31(34)35)24(25(33)20-12-8-6-9-13-20)26(36-32)21-14-10-7-11-15-21/h6-19H,1-5H3. The number of nitro benzene ring substituents is 1. The molecule has 36 heavy (non-hydrogen) atoms. The van der Waals surface area contributed by atoms with Gasteiger partial charge in [0, 0.05) is 28.8 Å². The van der Waals surface area contributed by atoms with Gasteiger partial charge in [-0.05, 0) is 52.4 Å². The minimum absolute atomic E-state index is 0.0111. The van der Waals surface area contributed by atoms with Gasteiger partial charge in [-0.1, -0.05) is 60.7 Å². The van der Waals surface area contributed by atoms with Crippen molar-refractivity contribution in [1.29, 1.82) is 0 Å². The molecule has 0 N–H and O–H groups in total. The van der Waals surface area contributed by atoms with Crippen LogP contribution < -0.4 is 0 Å². The quantitative estimate of drug-likeness (QED) is 0.260. The van der Waals surface area contributed by atoms with E-state index in [4.69, 9.17) is 4.84 Å². The van der Waals surface area contributed by atoms with Crippen molar-refractivity contribution in [3.63, 3.8) is 0 Å². The van der Waals surface area contributed by atoms with Crippen molar-refractivity contribution in [3.8, 4) is 0 Å². The van der Waals surface area contributed by atoms with Crippen molar-refractivity contribution in [2.45, 2.75) is 44.4 Å². The van der Waals surface area contributed by atoms with Crippen LogP contribution in [0.3, 0.4) is 0 Å². The maximum absolute atomic E-state index is 14.4. The predicted octanol–water partition coefficient (Wildman–Crippen LogP) is 5.79. The molecule has 0 bridgehead atoms. The van der Waals surface area contributed by atoms with Gasteiger partial charge in [-0.15, -0.1) is 5.06 Å². The highest BCUT2D eigenvalue weighted by molar-refractivity contribution is 6.14. The second kappa shape index (κ2) is 8.11. The number of Topliss-reactive ketones (excluding diaryl/α,β-unsaturated/α-hetero) is 1. The number of non-ortho nitro benzene ring substituents is 1. The van der Waals surface area contributed by atoms with Crippen LogP contribution in [0, 0.1) is 10.1 Å². The maximum Gasteiger partial charge on any atom is 0.269 e. The number of benzene rings is 3. The van der Waals surface area contributed by atoms with E-state index in [1.807, 2.05) is 60.6 Å². The fraction of sp³-hybridized carbons (Fsp3) is 0.276. The minimum Gasteiger partial charge on any atom is -0.402 e. The molecule has 0 saturated carbocycles. The largest absolute Gasteiger partial charge is 0.402 e.